The van der Waals surface area contributed by atoms with Crippen molar-refractivity contribution in [2.24, 2.45) is 0 Å². The lowest BCUT2D eigenvalue weighted by molar-refractivity contribution is 0.608. The van der Waals surface area contributed by atoms with E-state index < -0.39 is 0 Å². The van der Waals surface area contributed by atoms with Gasteiger partial charge in [0, 0.05) is 17.8 Å². The zero-order valence-electron chi connectivity index (χ0n) is 12.9. The minimum Gasteiger partial charge on any atom is -0.367 e. The minimum atomic E-state index is 0.525. The highest BCUT2D eigenvalue weighted by Crippen LogP contribution is 2.38. The highest BCUT2D eigenvalue weighted by atomic mass is 15.2. The van der Waals surface area contributed by atoms with Crippen molar-refractivity contribution in [1.29, 1.82) is 0 Å². The van der Waals surface area contributed by atoms with Crippen LogP contribution in [0, 0.1) is 0 Å². The fraction of sp³-hybridized carbons (Fsp3) is 0.368. The van der Waals surface area contributed by atoms with Gasteiger partial charge in [-0.2, -0.15) is 0 Å². The molecule has 0 fully saturated rings. The Balaban J connectivity index is 2.02. The Morgan fingerprint density at radius 3 is 2.15 bits per heavy atom. The number of benzene rings is 2. The van der Waals surface area contributed by atoms with E-state index >= 15 is 0 Å². The lowest BCUT2D eigenvalue weighted by atomic mass is 10.0. The van der Waals surface area contributed by atoms with E-state index in [1.807, 2.05) is 0 Å². The minimum absolute atomic E-state index is 0.525. The Kier molecular flexibility index (Phi) is 3.29. The molecule has 0 radical (unpaired) electrons. The molecule has 0 N–H and O–H groups in total. The van der Waals surface area contributed by atoms with E-state index in [-0.39, 0.29) is 0 Å². The van der Waals surface area contributed by atoms with Gasteiger partial charge in [-0.05, 0) is 68.5 Å². The summed E-state index contributed by atoms with van der Waals surface area (Å²) >= 11 is 0. The van der Waals surface area contributed by atoms with Gasteiger partial charge in [0.1, 0.15) is 0 Å². The fourth-order valence-corrected chi connectivity index (χ4v) is 3.48. The first kappa shape index (κ1) is 13.2. The molecule has 1 aliphatic rings. The van der Waals surface area contributed by atoms with E-state index in [1.165, 1.54) is 27.9 Å². The number of hydrogen-bond acceptors (Lipinski definition) is 1. The standard InChI is InChI=1S/C19H23N/c1-13(2)20(14(3)4)17-9-10-19-16(12-17)11-15-7-5-6-8-18(15)19/h5-10,12-14H,11H2,1-4H3. The maximum atomic E-state index is 2.49. The highest BCUT2D eigenvalue weighted by molar-refractivity contribution is 5.78. The van der Waals surface area contributed by atoms with Crippen molar-refractivity contribution < 1.29 is 0 Å². The smallest absolute Gasteiger partial charge is 0.0374 e. The number of anilines is 1. The number of hydrogen-bond donors (Lipinski definition) is 0. The van der Waals surface area contributed by atoms with Crippen LogP contribution < -0.4 is 4.90 Å². The molecule has 0 bridgehead atoms. The van der Waals surface area contributed by atoms with Crippen LogP contribution in [-0.2, 0) is 6.42 Å². The molecular formula is C19H23N. The van der Waals surface area contributed by atoms with E-state index in [4.69, 9.17) is 0 Å². The van der Waals surface area contributed by atoms with Crippen molar-refractivity contribution in [3.8, 4) is 11.1 Å². The molecule has 1 heteroatoms. The summed E-state index contributed by atoms with van der Waals surface area (Å²) in [6.07, 6.45) is 1.07. The molecule has 3 rings (SSSR count). The van der Waals surface area contributed by atoms with Gasteiger partial charge in [-0.1, -0.05) is 30.3 Å². The van der Waals surface area contributed by atoms with E-state index in [9.17, 15) is 0 Å². The topological polar surface area (TPSA) is 3.24 Å². The molecule has 0 aliphatic heterocycles. The van der Waals surface area contributed by atoms with Crippen molar-refractivity contribution in [2.75, 3.05) is 4.90 Å². The third kappa shape index (κ3) is 2.11. The number of nitrogens with zero attached hydrogens (tertiary/aromatic N) is 1. The molecule has 1 aliphatic carbocycles. The fourth-order valence-electron chi connectivity index (χ4n) is 3.48. The van der Waals surface area contributed by atoms with Crippen molar-refractivity contribution in [2.45, 2.75) is 46.2 Å². The largest absolute Gasteiger partial charge is 0.367 e. The Bertz CT molecular complexity index is 617. The summed E-state index contributed by atoms with van der Waals surface area (Å²) in [5.41, 5.74) is 7.10. The monoisotopic (exact) mass is 265 g/mol. The quantitative estimate of drug-likeness (QED) is 0.652. The van der Waals surface area contributed by atoms with Crippen LogP contribution >= 0.6 is 0 Å². The van der Waals surface area contributed by atoms with Gasteiger partial charge < -0.3 is 4.90 Å². The van der Waals surface area contributed by atoms with Crippen LogP contribution in [0.25, 0.3) is 11.1 Å². The lowest BCUT2D eigenvalue weighted by Gasteiger charge is -2.33. The average molecular weight is 265 g/mol. The van der Waals surface area contributed by atoms with Gasteiger partial charge in [-0.3, -0.25) is 0 Å². The first-order valence-electron chi connectivity index (χ1n) is 7.57. The van der Waals surface area contributed by atoms with Crippen LogP contribution in [0.15, 0.2) is 42.5 Å². The Morgan fingerprint density at radius 1 is 0.800 bits per heavy atom. The predicted octanol–water partition coefficient (Wildman–Crippen LogP) is 4.88. The van der Waals surface area contributed by atoms with Crippen LogP contribution in [-0.4, -0.2) is 12.1 Å². The van der Waals surface area contributed by atoms with Crippen LogP contribution in [0.5, 0.6) is 0 Å². The summed E-state index contributed by atoms with van der Waals surface area (Å²) in [5.74, 6) is 0. The van der Waals surface area contributed by atoms with E-state index in [2.05, 4.69) is 75.1 Å². The van der Waals surface area contributed by atoms with Gasteiger partial charge in [0.2, 0.25) is 0 Å². The molecule has 2 aromatic rings. The third-order valence-corrected chi connectivity index (χ3v) is 4.19. The van der Waals surface area contributed by atoms with Crippen LogP contribution in [0.4, 0.5) is 5.69 Å². The Hall–Kier alpha value is -1.76. The SMILES string of the molecule is CC(C)N(c1ccc2c(c1)Cc1ccccc1-2)C(C)C. The molecule has 0 heterocycles. The van der Waals surface area contributed by atoms with Crippen LogP contribution in [0.1, 0.15) is 38.8 Å². The molecule has 0 saturated heterocycles. The van der Waals surface area contributed by atoms with Crippen molar-refractivity contribution >= 4 is 5.69 Å². The molecule has 0 unspecified atom stereocenters. The van der Waals surface area contributed by atoms with Crippen LogP contribution in [0.2, 0.25) is 0 Å². The summed E-state index contributed by atoms with van der Waals surface area (Å²) in [5, 5.41) is 0. The molecule has 0 spiro atoms. The van der Waals surface area contributed by atoms with Crippen LogP contribution in [0.3, 0.4) is 0 Å². The van der Waals surface area contributed by atoms with Gasteiger partial charge in [0.25, 0.3) is 0 Å². The highest BCUT2D eigenvalue weighted by Gasteiger charge is 2.20. The number of fused-ring (bicyclic) bond motifs is 3. The van der Waals surface area contributed by atoms with Crippen molar-refractivity contribution in [3.63, 3.8) is 0 Å². The summed E-state index contributed by atoms with van der Waals surface area (Å²) in [6, 6.07) is 16.8. The first-order valence-corrected chi connectivity index (χ1v) is 7.57. The Morgan fingerprint density at radius 2 is 1.45 bits per heavy atom. The molecule has 0 aromatic heterocycles. The second kappa shape index (κ2) is 4.97. The molecular weight excluding hydrogens is 242 g/mol. The second-order valence-corrected chi connectivity index (χ2v) is 6.27. The van der Waals surface area contributed by atoms with Crippen molar-refractivity contribution in [3.05, 3.63) is 53.6 Å². The normalized spacial score (nSPS) is 12.7. The molecule has 0 amide bonds. The molecule has 0 saturated carbocycles. The number of rotatable bonds is 3. The first-order chi connectivity index (χ1) is 9.58. The maximum Gasteiger partial charge on any atom is 0.0374 e. The molecule has 104 valence electrons. The van der Waals surface area contributed by atoms with E-state index in [0.29, 0.717) is 12.1 Å². The van der Waals surface area contributed by atoms with Gasteiger partial charge in [-0.25, -0.2) is 0 Å². The zero-order valence-corrected chi connectivity index (χ0v) is 12.9. The molecule has 1 nitrogen and oxygen atoms in total. The van der Waals surface area contributed by atoms with Gasteiger partial charge >= 0.3 is 0 Å². The van der Waals surface area contributed by atoms with Crippen molar-refractivity contribution in [1.82, 2.24) is 0 Å². The third-order valence-electron chi connectivity index (χ3n) is 4.19. The van der Waals surface area contributed by atoms with Gasteiger partial charge in [0.15, 0.2) is 0 Å². The molecule has 20 heavy (non-hydrogen) atoms. The second-order valence-electron chi connectivity index (χ2n) is 6.27. The average Bonchev–Trinajstić information content (AvgIpc) is 2.75. The van der Waals surface area contributed by atoms with Gasteiger partial charge in [-0.15, -0.1) is 0 Å². The zero-order chi connectivity index (χ0) is 14.3. The predicted molar refractivity (Wildman–Crippen MR) is 87.4 cm³/mol. The maximum absolute atomic E-state index is 2.49. The van der Waals surface area contributed by atoms with Gasteiger partial charge in [0.05, 0.1) is 0 Å². The van der Waals surface area contributed by atoms with E-state index in [0.717, 1.165) is 6.42 Å². The summed E-state index contributed by atoms with van der Waals surface area (Å²) in [4.78, 5) is 2.49. The summed E-state index contributed by atoms with van der Waals surface area (Å²) in [7, 11) is 0. The lowest BCUT2D eigenvalue weighted by Crippen LogP contribution is -2.36. The van der Waals surface area contributed by atoms with E-state index in [1.54, 1.807) is 0 Å². The molecule has 2 aromatic carbocycles. The Labute approximate surface area is 122 Å². The summed E-state index contributed by atoms with van der Waals surface area (Å²) < 4.78 is 0. The summed E-state index contributed by atoms with van der Waals surface area (Å²) in [6.45, 7) is 9.06. The molecule has 0 atom stereocenters.